The molecule has 0 saturated heterocycles. The minimum atomic E-state index is 0.520. The van der Waals surface area contributed by atoms with Gasteiger partial charge in [0.25, 0.3) is 0 Å². The number of rotatable bonds is 1. The Bertz CT molecular complexity index is 488. The van der Waals surface area contributed by atoms with Crippen molar-refractivity contribution in [2.24, 2.45) is 5.41 Å². The Kier molecular flexibility index (Phi) is 2.29. The summed E-state index contributed by atoms with van der Waals surface area (Å²) in [7, 11) is 0. The van der Waals surface area contributed by atoms with Crippen molar-refractivity contribution >= 4 is 0 Å². The molecule has 0 N–H and O–H groups in total. The molecule has 0 amide bonds. The number of hydrogen-bond donors (Lipinski definition) is 0. The fraction of sp³-hybridized carbons (Fsp3) is 0.714. The van der Waals surface area contributed by atoms with Gasteiger partial charge in [0.2, 0.25) is 5.82 Å². The maximum atomic E-state index is 9.18. The number of hydrogen-bond acceptors (Lipinski definition) is 2. The van der Waals surface area contributed by atoms with E-state index in [1.807, 2.05) is 6.92 Å². The third-order valence-electron chi connectivity index (χ3n) is 4.94. The molecule has 3 rings (SSSR count). The number of imidazole rings is 1. The van der Waals surface area contributed by atoms with Crippen LogP contribution in [0.25, 0.3) is 0 Å². The molecule has 1 aromatic rings. The van der Waals surface area contributed by atoms with Crippen LogP contribution < -0.4 is 0 Å². The van der Waals surface area contributed by atoms with Crippen molar-refractivity contribution in [1.29, 1.82) is 5.26 Å². The Balaban J connectivity index is 1.92. The van der Waals surface area contributed by atoms with Gasteiger partial charge in [-0.05, 0) is 51.4 Å². The van der Waals surface area contributed by atoms with E-state index in [-0.39, 0.29) is 0 Å². The molecule has 1 unspecified atom stereocenters. The number of aryl methyl sites for hydroxylation is 1. The minimum Gasteiger partial charge on any atom is -0.317 e. The van der Waals surface area contributed by atoms with Crippen molar-refractivity contribution in [2.45, 2.75) is 58.4 Å². The van der Waals surface area contributed by atoms with Crippen molar-refractivity contribution in [2.75, 3.05) is 0 Å². The topological polar surface area (TPSA) is 41.6 Å². The largest absolute Gasteiger partial charge is 0.317 e. The maximum absolute atomic E-state index is 9.18. The van der Waals surface area contributed by atoms with Crippen LogP contribution in [-0.2, 0) is 0 Å². The quantitative estimate of drug-likeness (QED) is 0.741. The molecule has 2 fully saturated rings. The van der Waals surface area contributed by atoms with Crippen LogP contribution in [-0.4, -0.2) is 9.55 Å². The summed E-state index contributed by atoms with van der Waals surface area (Å²) in [5.41, 5.74) is 2.82. The van der Waals surface area contributed by atoms with Gasteiger partial charge in [0.05, 0.1) is 5.69 Å². The van der Waals surface area contributed by atoms with Gasteiger partial charge >= 0.3 is 0 Å². The second kappa shape index (κ2) is 3.60. The molecule has 17 heavy (non-hydrogen) atoms. The van der Waals surface area contributed by atoms with E-state index in [4.69, 9.17) is 0 Å². The zero-order valence-electron chi connectivity index (χ0n) is 10.7. The Morgan fingerprint density at radius 2 is 2.12 bits per heavy atom. The second-order valence-electron chi connectivity index (χ2n) is 5.84. The van der Waals surface area contributed by atoms with Gasteiger partial charge in [0.15, 0.2) is 0 Å². The van der Waals surface area contributed by atoms with Crippen molar-refractivity contribution in [3.63, 3.8) is 0 Å². The summed E-state index contributed by atoms with van der Waals surface area (Å²) in [5, 5.41) is 9.18. The first-order chi connectivity index (χ1) is 8.15. The molecule has 0 radical (unpaired) electrons. The Morgan fingerprint density at radius 3 is 2.65 bits per heavy atom. The van der Waals surface area contributed by atoms with E-state index in [9.17, 15) is 5.26 Å². The molecular formula is C14H19N3. The molecule has 1 atom stereocenters. The summed E-state index contributed by atoms with van der Waals surface area (Å²) < 4.78 is 2.20. The van der Waals surface area contributed by atoms with Crippen LogP contribution in [0.15, 0.2) is 0 Å². The summed E-state index contributed by atoms with van der Waals surface area (Å²) in [6.07, 6.45) is 8.04. The van der Waals surface area contributed by atoms with Crippen LogP contribution in [0.5, 0.6) is 0 Å². The van der Waals surface area contributed by atoms with Gasteiger partial charge < -0.3 is 4.57 Å². The molecule has 1 heterocycles. The van der Waals surface area contributed by atoms with Crippen LogP contribution in [0.3, 0.4) is 0 Å². The molecule has 3 nitrogen and oxygen atoms in total. The highest BCUT2D eigenvalue weighted by Gasteiger charge is 2.44. The first kappa shape index (κ1) is 10.8. The minimum absolute atomic E-state index is 0.520. The number of nitriles is 1. The van der Waals surface area contributed by atoms with E-state index in [1.165, 1.54) is 44.2 Å². The van der Waals surface area contributed by atoms with Crippen LogP contribution in [0.1, 0.15) is 61.8 Å². The predicted molar refractivity (Wildman–Crippen MR) is 65.6 cm³/mol. The smallest absolute Gasteiger partial charge is 0.213 e. The van der Waals surface area contributed by atoms with Crippen LogP contribution >= 0.6 is 0 Å². The lowest BCUT2D eigenvalue weighted by molar-refractivity contribution is 0.137. The van der Waals surface area contributed by atoms with Gasteiger partial charge in [0.1, 0.15) is 6.07 Å². The zero-order chi connectivity index (χ0) is 12.0. The SMILES string of the molecule is Cc1nc(C#N)n(C2CCC3(CCC3)C2)c1C. The molecule has 2 aliphatic carbocycles. The van der Waals surface area contributed by atoms with E-state index in [2.05, 4.69) is 22.5 Å². The number of nitrogens with zero attached hydrogens (tertiary/aromatic N) is 3. The first-order valence-electron chi connectivity index (χ1n) is 6.61. The third kappa shape index (κ3) is 1.50. The van der Waals surface area contributed by atoms with Gasteiger partial charge in [-0.1, -0.05) is 6.42 Å². The van der Waals surface area contributed by atoms with Gasteiger partial charge in [-0.25, -0.2) is 4.98 Å². The predicted octanol–water partition coefficient (Wildman–Crippen LogP) is 3.27. The Labute approximate surface area is 102 Å². The van der Waals surface area contributed by atoms with Crippen LogP contribution in [0.4, 0.5) is 0 Å². The molecule has 0 aromatic carbocycles. The summed E-state index contributed by atoms with van der Waals surface area (Å²) in [5.74, 6) is 0.612. The molecule has 1 spiro atoms. The summed E-state index contributed by atoms with van der Waals surface area (Å²) in [6, 6.07) is 2.77. The average molecular weight is 229 g/mol. The van der Waals surface area contributed by atoms with Crippen molar-refractivity contribution in [3.8, 4) is 6.07 Å². The van der Waals surface area contributed by atoms with Crippen molar-refractivity contribution in [3.05, 3.63) is 17.2 Å². The van der Waals surface area contributed by atoms with Gasteiger partial charge in [-0.2, -0.15) is 5.26 Å². The highest BCUT2D eigenvalue weighted by molar-refractivity contribution is 5.24. The molecule has 0 aliphatic heterocycles. The summed E-state index contributed by atoms with van der Waals surface area (Å²) in [4.78, 5) is 4.37. The highest BCUT2D eigenvalue weighted by atomic mass is 15.1. The van der Waals surface area contributed by atoms with E-state index in [0.717, 1.165) is 5.69 Å². The fourth-order valence-electron chi connectivity index (χ4n) is 3.68. The molecule has 2 saturated carbocycles. The van der Waals surface area contributed by atoms with E-state index < -0.39 is 0 Å². The summed E-state index contributed by atoms with van der Waals surface area (Å²) in [6.45, 7) is 4.09. The third-order valence-corrected chi connectivity index (χ3v) is 4.94. The van der Waals surface area contributed by atoms with E-state index in [1.54, 1.807) is 0 Å². The van der Waals surface area contributed by atoms with Crippen molar-refractivity contribution < 1.29 is 0 Å². The first-order valence-corrected chi connectivity index (χ1v) is 6.61. The van der Waals surface area contributed by atoms with E-state index in [0.29, 0.717) is 17.3 Å². The van der Waals surface area contributed by atoms with Gasteiger partial charge in [-0.3, -0.25) is 0 Å². The molecule has 90 valence electrons. The number of aromatic nitrogens is 2. The molecule has 1 aromatic heterocycles. The van der Waals surface area contributed by atoms with E-state index >= 15 is 0 Å². The second-order valence-corrected chi connectivity index (χ2v) is 5.84. The van der Waals surface area contributed by atoms with Crippen LogP contribution in [0.2, 0.25) is 0 Å². The molecule has 3 heteroatoms. The average Bonchev–Trinajstić information content (AvgIpc) is 2.81. The van der Waals surface area contributed by atoms with Crippen molar-refractivity contribution in [1.82, 2.24) is 9.55 Å². The normalized spacial score (nSPS) is 25.8. The monoisotopic (exact) mass is 229 g/mol. The Morgan fingerprint density at radius 1 is 1.35 bits per heavy atom. The van der Waals surface area contributed by atoms with Gasteiger partial charge in [-0.15, -0.1) is 0 Å². The lowest BCUT2D eigenvalue weighted by Gasteiger charge is -2.38. The Hall–Kier alpha value is -1.30. The molecule has 0 bridgehead atoms. The highest BCUT2D eigenvalue weighted by Crippen LogP contribution is 2.56. The maximum Gasteiger partial charge on any atom is 0.213 e. The summed E-state index contributed by atoms with van der Waals surface area (Å²) >= 11 is 0. The molecular weight excluding hydrogens is 210 g/mol. The van der Waals surface area contributed by atoms with Gasteiger partial charge in [0, 0.05) is 11.7 Å². The fourth-order valence-corrected chi connectivity index (χ4v) is 3.68. The lowest BCUT2D eigenvalue weighted by atomic mass is 9.67. The zero-order valence-corrected chi connectivity index (χ0v) is 10.7. The standard InChI is InChI=1S/C14H19N3/c1-10-11(2)17(13(9-15)16-10)12-4-7-14(8-12)5-3-6-14/h12H,3-8H2,1-2H3. The lowest BCUT2D eigenvalue weighted by Crippen LogP contribution is -2.26. The molecule has 2 aliphatic rings. The van der Waals surface area contributed by atoms with Crippen LogP contribution in [0, 0.1) is 30.6 Å².